The molecule has 0 fully saturated rings. The van der Waals surface area contributed by atoms with Gasteiger partial charge in [-0.15, -0.1) is 0 Å². The van der Waals surface area contributed by atoms with E-state index in [9.17, 15) is 0 Å². The van der Waals surface area contributed by atoms with Crippen molar-refractivity contribution < 1.29 is 0 Å². The first-order valence-electron chi connectivity index (χ1n) is 5.73. The van der Waals surface area contributed by atoms with E-state index in [2.05, 4.69) is 33.7 Å². The van der Waals surface area contributed by atoms with Gasteiger partial charge in [0.15, 0.2) is 11.5 Å². The molecule has 0 aliphatic heterocycles. The molecule has 0 aromatic carbocycles. The molecule has 5 heteroatoms. The monoisotopic (exact) mass is 229 g/mol. The summed E-state index contributed by atoms with van der Waals surface area (Å²) in [5.41, 5.74) is 7.23. The highest BCUT2D eigenvalue weighted by Gasteiger charge is 2.08. The Hall–Kier alpha value is -2.09. The first-order chi connectivity index (χ1) is 8.26. The maximum absolute atomic E-state index is 5.83. The Morgan fingerprint density at radius 3 is 2.88 bits per heavy atom. The molecule has 5 nitrogen and oxygen atoms in total. The third-order valence-corrected chi connectivity index (χ3v) is 2.41. The van der Waals surface area contributed by atoms with Crippen molar-refractivity contribution in [1.29, 1.82) is 0 Å². The number of nitrogens with zero attached hydrogens (tertiary/aromatic N) is 4. The second-order valence-electron chi connectivity index (χ2n) is 3.69. The Labute approximate surface area is 100 Å². The number of nitrogen functional groups attached to an aromatic ring is 1. The van der Waals surface area contributed by atoms with Crippen LogP contribution >= 0.6 is 0 Å². The maximum Gasteiger partial charge on any atom is 0.208 e. The Balaban J connectivity index is 2.50. The van der Waals surface area contributed by atoms with Gasteiger partial charge < -0.3 is 10.3 Å². The van der Waals surface area contributed by atoms with E-state index in [-0.39, 0.29) is 0 Å². The van der Waals surface area contributed by atoms with Gasteiger partial charge in [-0.3, -0.25) is 0 Å². The van der Waals surface area contributed by atoms with E-state index >= 15 is 0 Å². The number of anilines is 1. The van der Waals surface area contributed by atoms with Crippen molar-refractivity contribution in [2.75, 3.05) is 5.73 Å². The first kappa shape index (κ1) is 11.4. The quantitative estimate of drug-likeness (QED) is 0.794. The molecule has 0 spiro atoms. The number of hydrogen-bond acceptors (Lipinski definition) is 4. The molecule has 0 amide bonds. The molecule has 2 N–H and O–H groups in total. The minimum absolute atomic E-state index is 0.392. The number of hydrogen-bond donors (Lipinski definition) is 1. The number of aromatic nitrogens is 4. The van der Waals surface area contributed by atoms with Crippen molar-refractivity contribution in [1.82, 2.24) is 19.5 Å². The van der Waals surface area contributed by atoms with E-state index < -0.39 is 0 Å². The zero-order valence-corrected chi connectivity index (χ0v) is 10.1. The van der Waals surface area contributed by atoms with Gasteiger partial charge in [-0.2, -0.15) is 0 Å². The highest BCUT2D eigenvalue weighted by molar-refractivity contribution is 5.81. The van der Waals surface area contributed by atoms with Crippen LogP contribution in [0, 0.1) is 11.8 Å². The van der Waals surface area contributed by atoms with Crippen LogP contribution in [0.5, 0.6) is 0 Å². The summed E-state index contributed by atoms with van der Waals surface area (Å²) in [5, 5.41) is 0. The van der Waals surface area contributed by atoms with Crippen LogP contribution in [0.25, 0.3) is 11.2 Å². The van der Waals surface area contributed by atoms with Crippen LogP contribution in [-0.2, 0) is 6.54 Å². The number of nitrogens with two attached hydrogens (primary N) is 1. The molecule has 0 saturated carbocycles. The molecule has 0 atom stereocenters. The zero-order valence-electron chi connectivity index (χ0n) is 10.1. The van der Waals surface area contributed by atoms with E-state index in [1.165, 1.54) is 0 Å². The predicted octanol–water partition coefficient (Wildman–Crippen LogP) is 1.58. The largest absolute Gasteiger partial charge is 0.382 e. The van der Waals surface area contributed by atoms with E-state index in [1.54, 1.807) is 6.33 Å². The van der Waals surface area contributed by atoms with Crippen molar-refractivity contribution in [3.05, 3.63) is 12.2 Å². The van der Waals surface area contributed by atoms with Gasteiger partial charge in [0.25, 0.3) is 0 Å². The van der Waals surface area contributed by atoms with E-state index in [1.807, 2.05) is 11.5 Å². The summed E-state index contributed by atoms with van der Waals surface area (Å²) in [6, 6.07) is 0. The average Bonchev–Trinajstić information content (AvgIpc) is 2.73. The van der Waals surface area contributed by atoms with Gasteiger partial charge in [0.2, 0.25) is 5.82 Å². The summed E-state index contributed by atoms with van der Waals surface area (Å²) in [6.45, 7) is 4.91. The molecule has 0 aliphatic rings. The molecule has 88 valence electrons. The van der Waals surface area contributed by atoms with Gasteiger partial charge >= 0.3 is 0 Å². The van der Waals surface area contributed by atoms with Crippen LogP contribution in [-0.4, -0.2) is 19.5 Å². The second-order valence-corrected chi connectivity index (χ2v) is 3.69. The maximum atomic E-state index is 5.83. The lowest BCUT2D eigenvalue weighted by atomic mass is 10.3. The predicted molar refractivity (Wildman–Crippen MR) is 67.2 cm³/mol. The van der Waals surface area contributed by atoms with Crippen molar-refractivity contribution >= 4 is 17.0 Å². The molecule has 0 bridgehead atoms. The average molecular weight is 229 g/mol. The molecule has 2 heterocycles. The zero-order chi connectivity index (χ0) is 12.3. The number of unbranched alkanes of at least 4 members (excludes halogenated alkanes) is 1. The highest BCUT2D eigenvalue weighted by Crippen LogP contribution is 2.15. The standard InChI is InChI=1S/C12H15N5/c1-3-5-6-7-9-15-11(13)10-12(16-9)17(4-2)8-14-10/h8H,3-5H2,1-2H3,(H2,13,15,16). The van der Waals surface area contributed by atoms with Crippen LogP contribution in [0.2, 0.25) is 0 Å². The van der Waals surface area contributed by atoms with Crippen LogP contribution in [0.1, 0.15) is 32.5 Å². The van der Waals surface area contributed by atoms with Gasteiger partial charge in [0.1, 0.15) is 5.52 Å². The SMILES string of the molecule is CCCC#Cc1nc(N)c2ncn(CC)c2n1. The van der Waals surface area contributed by atoms with Gasteiger partial charge in [-0.05, 0) is 19.3 Å². The van der Waals surface area contributed by atoms with Crippen LogP contribution in [0.3, 0.4) is 0 Å². The van der Waals surface area contributed by atoms with Crippen molar-refractivity contribution in [3.8, 4) is 11.8 Å². The van der Waals surface area contributed by atoms with Crippen molar-refractivity contribution in [3.63, 3.8) is 0 Å². The van der Waals surface area contributed by atoms with Gasteiger partial charge in [-0.1, -0.05) is 12.8 Å². The van der Waals surface area contributed by atoms with Crippen LogP contribution < -0.4 is 5.73 Å². The summed E-state index contributed by atoms with van der Waals surface area (Å²) in [6.07, 6.45) is 3.59. The van der Waals surface area contributed by atoms with Crippen LogP contribution in [0.15, 0.2) is 6.33 Å². The van der Waals surface area contributed by atoms with Crippen LogP contribution in [0.4, 0.5) is 5.82 Å². The molecule has 17 heavy (non-hydrogen) atoms. The lowest BCUT2D eigenvalue weighted by Gasteiger charge is -1.99. The lowest BCUT2D eigenvalue weighted by Crippen LogP contribution is -2.01. The normalized spacial score (nSPS) is 10.2. The number of fused-ring (bicyclic) bond motifs is 1. The smallest absolute Gasteiger partial charge is 0.208 e. The fraction of sp³-hybridized carbons (Fsp3) is 0.417. The van der Waals surface area contributed by atoms with Gasteiger partial charge in [-0.25, -0.2) is 15.0 Å². The third-order valence-electron chi connectivity index (χ3n) is 2.41. The molecule has 0 aliphatic carbocycles. The Morgan fingerprint density at radius 2 is 2.18 bits per heavy atom. The van der Waals surface area contributed by atoms with E-state index in [0.29, 0.717) is 17.2 Å². The highest BCUT2D eigenvalue weighted by atomic mass is 15.1. The summed E-state index contributed by atoms with van der Waals surface area (Å²) in [5.74, 6) is 6.80. The fourth-order valence-electron chi connectivity index (χ4n) is 1.52. The molecule has 2 rings (SSSR count). The third kappa shape index (κ3) is 2.21. The summed E-state index contributed by atoms with van der Waals surface area (Å²) in [7, 11) is 0. The topological polar surface area (TPSA) is 69.6 Å². The van der Waals surface area contributed by atoms with Crippen molar-refractivity contribution in [2.45, 2.75) is 33.2 Å². The summed E-state index contributed by atoms with van der Waals surface area (Å²) < 4.78 is 1.93. The lowest BCUT2D eigenvalue weighted by molar-refractivity contribution is 0.776. The molecule has 2 aromatic heterocycles. The molecular weight excluding hydrogens is 214 g/mol. The second kappa shape index (κ2) is 4.83. The first-order valence-corrected chi connectivity index (χ1v) is 5.73. The number of aryl methyl sites for hydroxylation is 1. The summed E-state index contributed by atoms with van der Waals surface area (Å²) in [4.78, 5) is 12.7. The minimum Gasteiger partial charge on any atom is -0.382 e. The number of rotatable bonds is 2. The molecular formula is C12H15N5. The van der Waals surface area contributed by atoms with Gasteiger partial charge in [0, 0.05) is 13.0 Å². The molecule has 0 radical (unpaired) electrons. The Morgan fingerprint density at radius 1 is 1.35 bits per heavy atom. The fourth-order valence-corrected chi connectivity index (χ4v) is 1.52. The minimum atomic E-state index is 0.392. The van der Waals surface area contributed by atoms with Gasteiger partial charge in [0.05, 0.1) is 6.33 Å². The Bertz CT molecular complexity index is 588. The Kier molecular flexibility index (Phi) is 3.24. The molecule has 2 aromatic rings. The molecule has 0 unspecified atom stereocenters. The van der Waals surface area contributed by atoms with E-state index in [4.69, 9.17) is 5.73 Å². The summed E-state index contributed by atoms with van der Waals surface area (Å²) >= 11 is 0. The van der Waals surface area contributed by atoms with Crippen molar-refractivity contribution in [2.24, 2.45) is 0 Å². The number of imidazole rings is 1. The molecule has 0 saturated heterocycles. The van der Waals surface area contributed by atoms with E-state index in [0.717, 1.165) is 25.0 Å².